The second-order valence-electron chi connectivity index (χ2n) is 9.80. The Morgan fingerprint density at radius 1 is 0.333 bits per heavy atom. The third-order valence-corrected chi connectivity index (χ3v) is 14.5. The van der Waals surface area contributed by atoms with Crippen LogP contribution in [0.15, 0.2) is 146 Å². The number of benzene rings is 5. The van der Waals surface area contributed by atoms with Crippen LogP contribution in [0.3, 0.4) is 0 Å². The highest BCUT2D eigenvalue weighted by atomic mass is 28.3. The predicted octanol–water partition coefficient (Wildman–Crippen LogP) is 6.56. The molecular formula is C34H34Si2. The quantitative estimate of drug-likeness (QED) is 0.213. The zero-order valence-corrected chi connectivity index (χ0v) is 23.5. The van der Waals surface area contributed by atoms with Crippen molar-refractivity contribution in [1.82, 2.24) is 0 Å². The van der Waals surface area contributed by atoms with E-state index in [9.17, 15) is 0 Å². The van der Waals surface area contributed by atoms with Crippen molar-refractivity contribution in [2.75, 3.05) is 0 Å². The molecule has 2 atom stereocenters. The van der Waals surface area contributed by atoms with Crippen LogP contribution in [0.5, 0.6) is 0 Å². The summed E-state index contributed by atoms with van der Waals surface area (Å²) in [5.74, 6) is 0. The molecule has 0 spiro atoms. The Bertz CT molecular complexity index is 1160. The van der Waals surface area contributed by atoms with Gasteiger partial charge in [-0.25, -0.2) is 0 Å². The van der Waals surface area contributed by atoms with Gasteiger partial charge in [0, 0.05) is 11.1 Å². The zero-order chi connectivity index (χ0) is 24.7. The fourth-order valence-electron chi connectivity index (χ4n) is 5.88. The van der Waals surface area contributed by atoms with Crippen molar-refractivity contribution in [3.05, 3.63) is 168 Å². The Labute approximate surface area is 219 Å². The first kappa shape index (κ1) is 24.2. The van der Waals surface area contributed by atoms with E-state index in [1.165, 1.54) is 22.3 Å². The zero-order valence-electron chi connectivity index (χ0n) is 21.2. The van der Waals surface area contributed by atoms with E-state index in [4.69, 9.17) is 0 Å². The molecule has 0 bridgehead atoms. The minimum Gasteiger partial charge on any atom is -0.0673 e. The van der Waals surface area contributed by atoms with Crippen molar-refractivity contribution in [1.29, 1.82) is 0 Å². The molecule has 0 heterocycles. The first-order valence-electron chi connectivity index (χ1n) is 13.0. The molecule has 0 aliphatic rings. The van der Waals surface area contributed by atoms with Gasteiger partial charge in [0.15, 0.2) is 0 Å². The standard InChI is InChI=1S/C34H34Si2/c1-35(33(27-17-7-3-8-18-27)28-19-9-4-10-20-28)31-25-15-16-26-32(31)36(2)34(29-21-11-5-12-22-29)30-23-13-6-14-24-30/h3-26,33-36H,1-2H3. The molecule has 0 aromatic heterocycles. The Kier molecular flexibility index (Phi) is 7.75. The van der Waals surface area contributed by atoms with Gasteiger partial charge in [0.1, 0.15) is 0 Å². The van der Waals surface area contributed by atoms with Crippen LogP contribution in [0.25, 0.3) is 0 Å². The summed E-state index contributed by atoms with van der Waals surface area (Å²) in [4.78, 5) is 0. The van der Waals surface area contributed by atoms with Crippen LogP contribution in [-0.2, 0) is 0 Å². The Morgan fingerprint density at radius 2 is 0.556 bits per heavy atom. The molecule has 0 saturated heterocycles. The molecule has 0 amide bonds. The van der Waals surface area contributed by atoms with E-state index in [1.54, 1.807) is 10.4 Å². The topological polar surface area (TPSA) is 0 Å². The molecule has 2 heteroatoms. The maximum Gasteiger partial charge on any atom is 0.0800 e. The molecule has 0 aliphatic carbocycles. The SMILES string of the molecule is C[SiH](c1ccccc1[SiH](C)C(c1ccccc1)c1ccccc1)C(c1ccccc1)c1ccccc1. The number of rotatable bonds is 8. The summed E-state index contributed by atoms with van der Waals surface area (Å²) in [7, 11) is -2.84. The normalized spacial score (nSPS) is 13.0. The van der Waals surface area contributed by atoms with Crippen LogP contribution < -0.4 is 10.4 Å². The second kappa shape index (κ2) is 11.5. The fraction of sp³-hybridized carbons (Fsp3) is 0.118. The van der Waals surface area contributed by atoms with Crippen molar-refractivity contribution in [2.45, 2.75) is 24.2 Å². The lowest BCUT2D eigenvalue weighted by Crippen LogP contribution is -2.51. The highest BCUT2D eigenvalue weighted by molar-refractivity contribution is 6.84. The van der Waals surface area contributed by atoms with Gasteiger partial charge in [-0.2, -0.15) is 0 Å². The molecule has 0 saturated carbocycles. The average Bonchev–Trinajstić information content (AvgIpc) is 2.95. The largest absolute Gasteiger partial charge is 0.0800 e. The molecule has 178 valence electrons. The third kappa shape index (κ3) is 5.20. The predicted molar refractivity (Wildman–Crippen MR) is 161 cm³/mol. The van der Waals surface area contributed by atoms with E-state index in [0.29, 0.717) is 11.1 Å². The first-order chi connectivity index (χ1) is 17.7. The molecule has 5 aromatic carbocycles. The monoisotopic (exact) mass is 498 g/mol. The molecule has 5 rings (SSSR count). The summed E-state index contributed by atoms with van der Waals surface area (Å²) < 4.78 is 0. The highest BCUT2D eigenvalue weighted by Crippen LogP contribution is 2.29. The van der Waals surface area contributed by atoms with Crippen LogP contribution in [0.2, 0.25) is 13.1 Å². The van der Waals surface area contributed by atoms with Gasteiger partial charge in [-0.15, -0.1) is 0 Å². The lowest BCUT2D eigenvalue weighted by molar-refractivity contribution is 1.10. The van der Waals surface area contributed by atoms with Crippen LogP contribution in [-0.4, -0.2) is 17.6 Å². The molecular weight excluding hydrogens is 465 g/mol. The molecule has 0 N–H and O–H groups in total. The lowest BCUT2D eigenvalue weighted by Gasteiger charge is -2.30. The van der Waals surface area contributed by atoms with E-state index < -0.39 is 17.6 Å². The van der Waals surface area contributed by atoms with E-state index >= 15 is 0 Å². The summed E-state index contributed by atoms with van der Waals surface area (Å²) in [6, 6.07) is 54.0. The van der Waals surface area contributed by atoms with E-state index in [0.717, 1.165) is 0 Å². The summed E-state index contributed by atoms with van der Waals surface area (Å²) in [5.41, 5.74) is 6.65. The average molecular weight is 499 g/mol. The lowest BCUT2D eigenvalue weighted by atomic mass is 10.0. The molecule has 2 unspecified atom stereocenters. The third-order valence-electron chi connectivity index (χ3n) is 7.61. The van der Waals surface area contributed by atoms with E-state index in [2.05, 4.69) is 159 Å². The van der Waals surface area contributed by atoms with Crippen LogP contribution in [0, 0.1) is 0 Å². The maximum absolute atomic E-state index is 2.56. The summed E-state index contributed by atoms with van der Waals surface area (Å²) in [6.07, 6.45) is 0. The van der Waals surface area contributed by atoms with Crippen molar-refractivity contribution >= 4 is 28.0 Å². The fourth-order valence-corrected chi connectivity index (χ4v) is 13.4. The minimum absolute atomic E-state index is 0.446. The summed E-state index contributed by atoms with van der Waals surface area (Å²) in [6.45, 7) is 5.12. The molecule has 0 aliphatic heterocycles. The van der Waals surface area contributed by atoms with Crippen LogP contribution in [0.1, 0.15) is 33.3 Å². The summed E-state index contributed by atoms with van der Waals surface area (Å²) in [5, 5.41) is 3.26. The Balaban J connectivity index is 1.60. The van der Waals surface area contributed by atoms with E-state index in [1.807, 2.05) is 0 Å². The Hall–Kier alpha value is -3.47. The van der Waals surface area contributed by atoms with Gasteiger partial charge in [0.25, 0.3) is 0 Å². The number of hydrogen-bond acceptors (Lipinski definition) is 0. The number of hydrogen-bond donors (Lipinski definition) is 0. The molecule has 0 fully saturated rings. The highest BCUT2D eigenvalue weighted by Gasteiger charge is 2.30. The molecule has 5 aromatic rings. The Morgan fingerprint density at radius 3 is 0.806 bits per heavy atom. The van der Waals surface area contributed by atoms with Crippen molar-refractivity contribution < 1.29 is 0 Å². The van der Waals surface area contributed by atoms with Crippen molar-refractivity contribution in [2.24, 2.45) is 0 Å². The van der Waals surface area contributed by atoms with E-state index in [-0.39, 0.29) is 0 Å². The van der Waals surface area contributed by atoms with Gasteiger partial charge in [-0.05, 0) is 22.3 Å². The minimum atomic E-state index is -1.42. The van der Waals surface area contributed by atoms with Crippen LogP contribution >= 0.6 is 0 Å². The van der Waals surface area contributed by atoms with Gasteiger partial charge < -0.3 is 0 Å². The van der Waals surface area contributed by atoms with Crippen molar-refractivity contribution in [3.63, 3.8) is 0 Å². The van der Waals surface area contributed by atoms with Crippen molar-refractivity contribution in [3.8, 4) is 0 Å². The molecule has 0 nitrogen and oxygen atoms in total. The van der Waals surface area contributed by atoms with Gasteiger partial charge in [0.05, 0.1) is 17.6 Å². The summed E-state index contributed by atoms with van der Waals surface area (Å²) >= 11 is 0. The van der Waals surface area contributed by atoms with Gasteiger partial charge in [0.2, 0.25) is 0 Å². The smallest absolute Gasteiger partial charge is 0.0673 e. The first-order valence-corrected chi connectivity index (χ1v) is 17.8. The molecule has 36 heavy (non-hydrogen) atoms. The second-order valence-corrected chi connectivity index (χ2v) is 15.5. The van der Waals surface area contributed by atoms with Crippen LogP contribution in [0.4, 0.5) is 0 Å². The van der Waals surface area contributed by atoms with Gasteiger partial charge >= 0.3 is 0 Å². The molecule has 0 radical (unpaired) electrons. The maximum atomic E-state index is 2.56. The van der Waals surface area contributed by atoms with Gasteiger partial charge in [-0.3, -0.25) is 0 Å². The van der Waals surface area contributed by atoms with Gasteiger partial charge in [-0.1, -0.05) is 169 Å².